The van der Waals surface area contributed by atoms with Gasteiger partial charge in [0.2, 0.25) is 0 Å². The minimum Gasteiger partial charge on any atom is -0.461 e. The summed E-state index contributed by atoms with van der Waals surface area (Å²) in [6, 6.07) is 9.43. The number of ether oxygens (including phenoxy) is 1. The first-order valence-corrected chi connectivity index (χ1v) is 7.16. The Hall–Kier alpha value is -1.35. The Kier molecular flexibility index (Phi) is 4.59. The maximum atomic E-state index is 12.3. The Bertz CT molecular complexity index is 406. The highest BCUT2D eigenvalue weighted by atomic mass is 16.5. The van der Waals surface area contributed by atoms with Crippen molar-refractivity contribution in [2.45, 2.75) is 57.1 Å². The standard InChI is InChI=1S/C16H23NO2/c1-16(17,13-9-5-4-6-10-13)15(18)19-14-11-7-2-3-8-12-14/h4-6,9-10,14H,2-3,7-8,11-12,17H2,1H3. The van der Waals surface area contributed by atoms with Crippen LogP contribution in [0.2, 0.25) is 0 Å². The summed E-state index contributed by atoms with van der Waals surface area (Å²) in [5, 5.41) is 0. The van der Waals surface area contributed by atoms with Crippen LogP contribution in [0, 0.1) is 0 Å². The Balaban J connectivity index is 2.02. The van der Waals surface area contributed by atoms with Gasteiger partial charge in [0, 0.05) is 0 Å². The molecule has 0 heterocycles. The SMILES string of the molecule is CC(N)(C(=O)OC1CCCCCC1)c1ccccc1. The van der Waals surface area contributed by atoms with E-state index in [-0.39, 0.29) is 12.1 Å². The van der Waals surface area contributed by atoms with Crippen LogP contribution in [-0.4, -0.2) is 12.1 Å². The largest absolute Gasteiger partial charge is 0.461 e. The normalized spacial score (nSPS) is 20.3. The lowest BCUT2D eigenvalue weighted by Crippen LogP contribution is -2.44. The smallest absolute Gasteiger partial charge is 0.330 e. The zero-order valence-electron chi connectivity index (χ0n) is 11.6. The van der Waals surface area contributed by atoms with Crippen LogP contribution in [0.5, 0.6) is 0 Å². The van der Waals surface area contributed by atoms with Crippen molar-refractivity contribution in [3.8, 4) is 0 Å². The van der Waals surface area contributed by atoms with Crippen LogP contribution in [0.3, 0.4) is 0 Å². The van der Waals surface area contributed by atoms with E-state index in [1.54, 1.807) is 6.92 Å². The molecule has 2 N–H and O–H groups in total. The molecule has 2 rings (SSSR count). The first kappa shape index (κ1) is 14.1. The van der Waals surface area contributed by atoms with Gasteiger partial charge in [0.15, 0.2) is 0 Å². The molecule has 1 aromatic carbocycles. The number of carbonyl (C=O) groups excluding carboxylic acids is 1. The van der Waals surface area contributed by atoms with Gasteiger partial charge >= 0.3 is 5.97 Å². The number of rotatable bonds is 3. The van der Waals surface area contributed by atoms with Crippen LogP contribution < -0.4 is 5.73 Å². The average molecular weight is 261 g/mol. The maximum Gasteiger partial charge on any atom is 0.330 e. The van der Waals surface area contributed by atoms with Crippen molar-refractivity contribution in [3.63, 3.8) is 0 Å². The zero-order valence-corrected chi connectivity index (χ0v) is 11.6. The van der Waals surface area contributed by atoms with Crippen LogP contribution in [0.25, 0.3) is 0 Å². The predicted octanol–water partition coefficient (Wildman–Crippen LogP) is 3.13. The average Bonchev–Trinajstić information content (AvgIpc) is 2.68. The molecule has 1 saturated carbocycles. The molecule has 0 aromatic heterocycles. The molecule has 3 nitrogen and oxygen atoms in total. The van der Waals surface area contributed by atoms with E-state index < -0.39 is 5.54 Å². The molecule has 0 spiro atoms. The summed E-state index contributed by atoms with van der Waals surface area (Å²) in [6.07, 6.45) is 6.75. The van der Waals surface area contributed by atoms with Crippen molar-refractivity contribution in [1.82, 2.24) is 0 Å². The predicted molar refractivity (Wildman–Crippen MR) is 75.6 cm³/mol. The summed E-state index contributed by atoms with van der Waals surface area (Å²) >= 11 is 0. The van der Waals surface area contributed by atoms with Gasteiger partial charge in [-0.2, -0.15) is 0 Å². The van der Waals surface area contributed by atoms with Gasteiger partial charge in [-0.15, -0.1) is 0 Å². The molecule has 0 saturated heterocycles. The quantitative estimate of drug-likeness (QED) is 0.672. The maximum absolute atomic E-state index is 12.3. The van der Waals surface area contributed by atoms with Gasteiger partial charge in [-0.05, 0) is 38.2 Å². The van der Waals surface area contributed by atoms with E-state index in [1.165, 1.54) is 12.8 Å². The fourth-order valence-corrected chi connectivity index (χ4v) is 2.54. The lowest BCUT2D eigenvalue weighted by Gasteiger charge is -2.26. The highest BCUT2D eigenvalue weighted by molar-refractivity contribution is 5.82. The second-order valence-electron chi connectivity index (χ2n) is 5.59. The van der Waals surface area contributed by atoms with Gasteiger partial charge in [-0.3, -0.25) is 0 Å². The summed E-state index contributed by atoms with van der Waals surface area (Å²) in [7, 11) is 0. The second-order valence-corrected chi connectivity index (χ2v) is 5.59. The number of carbonyl (C=O) groups is 1. The summed E-state index contributed by atoms with van der Waals surface area (Å²) in [5.41, 5.74) is 5.90. The molecule has 0 bridgehead atoms. The Morgan fingerprint density at radius 1 is 1.16 bits per heavy atom. The van der Waals surface area contributed by atoms with Crippen molar-refractivity contribution < 1.29 is 9.53 Å². The zero-order chi connectivity index (χ0) is 13.7. The van der Waals surface area contributed by atoms with Gasteiger partial charge in [-0.25, -0.2) is 4.79 Å². The molecule has 1 aliphatic rings. The lowest BCUT2D eigenvalue weighted by atomic mass is 9.93. The summed E-state index contributed by atoms with van der Waals surface area (Å²) in [5.74, 6) is -0.314. The molecule has 1 fully saturated rings. The third kappa shape index (κ3) is 3.57. The first-order valence-electron chi connectivity index (χ1n) is 7.16. The Labute approximate surface area is 115 Å². The van der Waals surface area contributed by atoms with Crippen LogP contribution in [0.15, 0.2) is 30.3 Å². The van der Waals surface area contributed by atoms with Crippen molar-refractivity contribution in [3.05, 3.63) is 35.9 Å². The van der Waals surface area contributed by atoms with Crippen molar-refractivity contribution in [2.75, 3.05) is 0 Å². The molecule has 1 aromatic rings. The number of benzene rings is 1. The van der Waals surface area contributed by atoms with Gasteiger partial charge in [-0.1, -0.05) is 43.2 Å². The highest BCUT2D eigenvalue weighted by Gasteiger charge is 2.33. The van der Waals surface area contributed by atoms with Gasteiger partial charge in [0.25, 0.3) is 0 Å². The molecular weight excluding hydrogens is 238 g/mol. The summed E-state index contributed by atoms with van der Waals surface area (Å²) < 4.78 is 5.63. The first-order chi connectivity index (χ1) is 9.10. The third-order valence-electron chi connectivity index (χ3n) is 3.87. The van der Waals surface area contributed by atoms with Gasteiger partial charge in [0.05, 0.1) is 0 Å². The van der Waals surface area contributed by atoms with E-state index in [4.69, 9.17) is 10.5 Å². The third-order valence-corrected chi connectivity index (χ3v) is 3.87. The van der Waals surface area contributed by atoms with E-state index in [2.05, 4.69) is 0 Å². The fraction of sp³-hybridized carbons (Fsp3) is 0.562. The van der Waals surface area contributed by atoms with Crippen LogP contribution in [-0.2, 0) is 15.1 Å². The van der Waals surface area contributed by atoms with Crippen LogP contribution in [0.4, 0.5) is 0 Å². The Morgan fingerprint density at radius 3 is 2.32 bits per heavy atom. The molecule has 1 unspecified atom stereocenters. The number of hydrogen-bond acceptors (Lipinski definition) is 3. The second kappa shape index (κ2) is 6.20. The van der Waals surface area contributed by atoms with E-state index in [0.717, 1.165) is 31.2 Å². The van der Waals surface area contributed by atoms with Crippen molar-refractivity contribution >= 4 is 5.97 Å². The Morgan fingerprint density at radius 2 is 1.74 bits per heavy atom. The topological polar surface area (TPSA) is 52.3 Å². The molecule has 1 atom stereocenters. The van der Waals surface area contributed by atoms with Crippen LogP contribution in [0.1, 0.15) is 51.0 Å². The van der Waals surface area contributed by atoms with Crippen molar-refractivity contribution in [1.29, 1.82) is 0 Å². The molecule has 3 heteroatoms. The number of hydrogen-bond donors (Lipinski definition) is 1. The van der Waals surface area contributed by atoms with Crippen molar-refractivity contribution in [2.24, 2.45) is 5.73 Å². The molecule has 104 valence electrons. The lowest BCUT2D eigenvalue weighted by molar-refractivity contribution is -0.156. The summed E-state index contributed by atoms with van der Waals surface area (Å²) in [6.45, 7) is 1.72. The molecule has 0 amide bonds. The van der Waals surface area contributed by atoms with E-state index in [0.29, 0.717) is 0 Å². The van der Waals surface area contributed by atoms with E-state index >= 15 is 0 Å². The minimum atomic E-state index is -1.06. The van der Waals surface area contributed by atoms with Gasteiger partial charge in [0.1, 0.15) is 11.6 Å². The number of esters is 1. The molecular formula is C16H23NO2. The highest BCUT2D eigenvalue weighted by Crippen LogP contribution is 2.24. The molecule has 0 aliphatic heterocycles. The minimum absolute atomic E-state index is 0.0431. The number of nitrogens with two attached hydrogens (primary N) is 1. The van der Waals surface area contributed by atoms with Crippen LogP contribution >= 0.6 is 0 Å². The molecule has 19 heavy (non-hydrogen) atoms. The fourth-order valence-electron chi connectivity index (χ4n) is 2.54. The van der Waals surface area contributed by atoms with Gasteiger partial charge < -0.3 is 10.5 Å². The molecule has 0 radical (unpaired) electrons. The van der Waals surface area contributed by atoms with E-state index in [1.807, 2.05) is 30.3 Å². The van der Waals surface area contributed by atoms with E-state index in [9.17, 15) is 4.79 Å². The monoisotopic (exact) mass is 261 g/mol. The molecule has 1 aliphatic carbocycles. The summed E-state index contributed by atoms with van der Waals surface area (Å²) in [4.78, 5) is 12.3.